The first-order valence-corrected chi connectivity index (χ1v) is 7.28. The van der Waals surface area contributed by atoms with Gasteiger partial charge >= 0.3 is 0 Å². The fourth-order valence-corrected chi connectivity index (χ4v) is 2.70. The summed E-state index contributed by atoms with van der Waals surface area (Å²) in [6.07, 6.45) is 4.62. The van der Waals surface area contributed by atoms with Gasteiger partial charge in [-0.15, -0.1) is 0 Å². The molecule has 0 radical (unpaired) electrons. The number of aromatic nitrogens is 1. The Morgan fingerprint density at radius 2 is 1.52 bits per heavy atom. The molecule has 1 aliphatic rings. The molecule has 2 aromatic rings. The Balaban J connectivity index is 1.67. The lowest BCUT2D eigenvalue weighted by atomic mass is 10.1. The zero-order valence-electron chi connectivity index (χ0n) is 12.0. The average molecular weight is 281 g/mol. The van der Waals surface area contributed by atoms with Gasteiger partial charge in [-0.25, -0.2) is 0 Å². The maximum atomic E-state index is 10.5. The molecule has 108 valence electrons. The fourth-order valence-electron chi connectivity index (χ4n) is 2.70. The largest absolute Gasteiger partial charge is 0.369 e. The fraction of sp³-hybridized carbons (Fsp3) is 0.294. The maximum absolute atomic E-state index is 10.5. The predicted octanol–water partition coefficient (Wildman–Crippen LogP) is 2.07. The molecular weight excluding hydrogens is 262 g/mol. The number of carbonyl (C=O) groups is 1. The third-order valence-corrected chi connectivity index (χ3v) is 3.95. The molecule has 0 aliphatic carbocycles. The Labute approximate surface area is 125 Å². The molecule has 0 atom stereocenters. The molecule has 1 fully saturated rings. The molecule has 0 unspecified atom stereocenters. The topological polar surface area (TPSA) is 36.4 Å². The summed E-state index contributed by atoms with van der Waals surface area (Å²) in [6.45, 7) is 4.40. The van der Waals surface area contributed by atoms with Gasteiger partial charge < -0.3 is 9.69 Å². The van der Waals surface area contributed by atoms with Crippen LogP contribution >= 0.6 is 0 Å². The number of carbonyl (C=O) groups excluding carboxylic acids is 1. The lowest BCUT2D eigenvalue weighted by molar-refractivity contribution is -0.108. The van der Waals surface area contributed by atoms with Crippen LogP contribution in [-0.4, -0.2) is 48.9 Å². The van der Waals surface area contributed by atoms with Crippen LogP contribution in [0.5, 0.6) is 0 Å². The Kier molecular flexibility index (Phi) is 4.26. The highest BCUT2D eigenvalue weighted by Crippen LogP contribution is 2.23. The molecule has 0 amide bonds. The summed E-state index contributed by atoms with van der Waals surface area (Å²) >= 11 is 0. The van der Waals surface area contributed by atoms with Crippen molar-refractivity contribution in [2.45, 2.75) is 0 Å². The van der Waals surface area contributed by atoms with Crippen LogP contribution in [0.3, 0.4) is 0 Å². The van der Waals surface area contributed by atoms with Crippen molar-refractivity contribution in [1.82, 2.24) is 9.88 Å². The lowest BCUT2D eigenvalue weighted by Crippen LogP contribution is -2.46. The standard InChI is InChI=1S/C17H19N3O/c21-14-13-19-9-11-20(12-10-19)17-3-1-15(2-4-17)16-5-7-18-8-6-16/h1-8,14H,9-13H2. The molecule has 1 aromatic carbocycles. The molecule has 1 aromatic heterocycles. The van der Waals surface area contributed by atoms with Gasteiger partial charge in [0.25, 0.3) is 0 Å². The number of aldehydes is 1. The van der Waals surface area contributed by atoms with Crippen LogP contribution in [0.15, 0.2) is 48.8 Å². The van der Waals surface area contributed by atoms with E-state index in [1.807, 2.05) is 24.5 Å². The quantitative estimate of drug-likeness (QED) is 0.804. The number of hydrogen-bond acceptors (Lipinski definition) is 4. The number of anilines is 1. The van der Waals surface area contributed by atoms with E-state index < -0.39 is 0 Å². The van der Waals surface area contributed by atoms with Crippen LogP contribution in [0.2, 0.25) is 0 Å². The third kappa shape index (κ3) is 3.28. The second-order valence-corrected chi connectivity index (χ2v) is 5.24. The van der Waals surface area contributed by atoms with Gasteiger partial charge in [0.2, 0.25) is 0 Å². The van der Waals surface area contributed by atoms with Crippen molar-refractivity contribution in [3.05, 3.63) is 48.8 Å². The second kappa shape index (κ2) is 6.50. The molecule has 4 nitrogen and oxygen atoms in total. The smallest absolute Gasteiger partial charge is 0.133 e. The predicted molar refractivity (Wildman–Crippen MR) is 84.4 cm³/mol. The van der Waals surface area contributed by atoms with Crippen molar-refractivity contribution in [3.8, 4) is 11.1 Å². The molecule has 0 saturated carbocycles. The van der Waals surface area contributed by atoms with Gasteiger partial charge in [-0.05, 0) is 35.4 Å². The van der Waals surface area contributed by atoms with Crippen molar-refractivity contribution >= 4 is 12.0 Å². The minimum atomic E-state index is 0.550. The van der Waals surface area contributed by atoms with Gasteiger partial charge in [0.15, 0.2) is 0 Å². The highest BCUT2D eigenvalue weighted by atomic mass is 16.1. The van der Waals surface area contributed by atoms with E-state index in [9.17, 15) is 4.79 Å². The van der Waals surface area contributed by atoms with Crippen LogP contribution < -0.4 is 4.90 Å². The molecule has 3 rings (SSSR count). The summed E-state index contributed by atoms with van der Waals surface area (Å²) in [5, 5.41) is 0. The summed E-state index contributed by atoms with van der Waals surface area (Å²) in [4.78, 5) is 19.1. The maximum Gasteiger partial charge on any atom is 0.133 e. The van der Waals surface area contributed by atoms with Crippen LogP contribution in [-0.2, 0) is 4.79 Å². The normalized spacial score (nSPS) is 15.9. The molecule has 0 spiro atoms. The Morgan fingerprint density at radius 3 is 2.14 bits per heavy atom. The van der Waals surface area contributed by atoms with E-state index in [-0.39, 0.29) is 0 Å². The van der Waals surface area contributed by atoms with Crippen molar-refractivity contribution in [2.24, 2.45) is 0 Å². The second-order valence-electron chi connectivity index (χ2n) is 5.24. The number of pyridine rings is 1. The summed E-state index contributed by atoms with van der Waals surface area (Å²) < 4.78 is 0. The number of rotatable bonds is 4. The molecule has 4 heteroatoms. The number of piperazine rings is 1. The van der Waals surface area contributed by atoms with E-state index in [0.29, 0.717) is 6.54 Å². The van der Waals surface area contributed by atoms with Gasteiger partial charge in [0.05, 0.1) is 6.54 Å². The summed E-state index contributed by atoms with van der Waals surface area (Å²) in [7, 11) is 0. The molecule has 1 saturated heterocycles. The van der Waals surface area contributed by atoms with Gasteiger partial charge in [-0.1, -0.05) is 12.1 Å². The van der Waals surface area contributed by atoms with Crippen LogP contribution in [0.1, 0.15) is 0 Å². The SMILES string of the molecule is O=CCN1CCN(c2ccc(-c3ccncc3)cc2)CC1. The van der Waals surface area contributed by atoms with Gasteiger partial charge in [0.1, 0.15) is 6.29 Å². The van der Waals surface area contributed by atoms with Crippen molar-refractivity contribution in [2.75, 3.05) is 37.6 Å². The van der Waals surface area contributed by atoms with E-state index in [1.165, 1.54) is 16.8 Å². The van der Waals surface area contributed by atoms with E-state index in [1.54, 1.807) is 0 Å². The molecule has 0 bridgehead atoms. The van der Waals surface area contributed by atoms with E-state index in [0.717, 1.165) is 32.5 Å². The minimum Gasteiger partial charge on any atom is -0.369 e. The lowest BCUT2D eigenvalue weighted by Gasteiger charge is -2.35. The van der Waals surface area contributed by atoms with Crippen molar-refractivity contribution in [3.63, 3.8) is 0 Å². The zero-order valence-corrected chi connectivity index (χ0v) is 12.0. The summed E-state index contributed by atoms with van der Waals surface area (Å²) in [5.74, 6) is 0. The Bertz CT molecular complexity index is 575. The number of benzene rings is 1. The first-order valence-electron chi connectivity index (χ1n) is 7.28. The van der Waals surface area contributed by atoms with Crippen LogP contribution in [0, 0.1) is 0 Å². The molecule has 1 aliphatic heterocycles. The monoisotopic (exact) mass is 281 g/mol. The van der Waals surface area contributed by atoms with E-state index in [4.69, 9.17) is 0 Å². The van der Waals surface area contributed by atoms with Crippen LogP contribution in [0.25, 0.3) is 11.1 Å². The first-order chi connectivity index (χ1) is 10.4. The minimum absolute atomic E-state index is 0.550. The Morgan fingerprint density at radius 1 is 0.905 bits per heavy atom. The molecule has 21 heavy (non-hydrogen) atoms. The van der Waals surface area contributed by atoms with Crippen LogP contribution in [0.4, 0.5) is 5.69 Å². The number of hydrogen-bond donors (Lipinski definition) is 0. The van der Waals surface area contributed by atoms with E-state index in [2.05, 4.69) is 39.0 Å². The Hall–Kier alpha value is -2.20. The molecule has 0 N–H and O–H groups in total. The van der Waals surface area contributed by atoms with Crippen molar-refractivity contribution < 1.29 is 4.79 Å². The van der Waals surface area contributed by atoms with Gasteiger partial charge in [-0.2, -0.15) is 0 Å². The molecular formula is C17H19N3O. The highest BCUT2D eigenvalue weighted by Gasteiger charge is 2.16. The summed E-state index contributed by atoms with van der Waals surface area (Å²) in [5.41, 5.74) is 3.65. The van der Waals surface area contributed by atoms with E-state index >= 15 is 0 Å². The zero-order chi connectivity index (χ0) is 14.5. The third-order valence-electron chi connectivity index (χ3n) is 3.95. The highest BCUT2D eigenvalue weighted by molar-refractivity contribution is 5.66. The first kappa shape index (κ1) is 13.8. The van der Waals surface area contributed by atoms with Gasteiger partial charge in [-0.3, -0.25) is 9.88 Å². The number of nitrogens with zero attached hydrogens (tertiary/aromatic N) is 3. The average Bonchev–Trinajstić information content (AvgIpc) is 2.57. The van der Waals surface area contributed by atoms with Gasteiger partial charge in [0, 0.05) is 44.3 Å². The summed E-state index contributed by atoms with van der Waals surface area (Å²) in [6, 6.07) is 12.7. The molecule has 2 heterocycles. The van der Waals surface area contributed by atoms with Crippen molar-refractivity contribution in [1.29, 1.82) is 0 Å².